The molecule has 140 valence electrons. The van der Waals surface area contributed by atoms with Gasteiger partial charge in [0.1, 0.15) is 21.7 Å². The van der Waals surface area contributed by atoms with Crippen LogP contribution in [0, 0.1) is 0 Å². The summed E-state index contributed by atoms with van der Waals surface area (Å²) in [5, 5.41) is 12.9. The third kappa shape index (κ3) is 3.05. The number of carbonyl (C=O) groups is 1. The van der Waals surface area contributed by atoms with Gasteiger partial charge in [-0.05, 0) is 25.0 Å². The molecule has 0 aromatic carbocycles. The summed E-state index contributed by atoms with van der Waals surface area (Å²) in [5.74, 6) is -0.769. The zero-order valence-electron chi connectivity index (χ0n) is 13.5. The predicted octanol–water partition coefficient (Wildman–Crippen LogP) is 1.27. The predicted molar refractivity (Wildman–Crippen MR) is 89.9 cm³/mol. The molecule has 2 aromatic rings. The summed E-state index contributed by atoms with van der Waals surface area (Å²) in [7, 11) is -3.98. The fraction of sp³-hybridized carbons (Fsp3) is 0.467. The normalized spacial score (nSPS) is 28.2. The second kappa shape index (κ2) is 6.43. The van der Waals surface area contributed by atoms with Crippen molar-refractivity contribution in [2.45, 2.75) is 47.6 Å². The van der Waals surface area contributed by atoms with Crippen molar-refractivity contribution in [2.24, 2.45) is 0 Å². The summed E-state index contributed by atoms with van der Waals surface area (Å²) in [6.07, 6.45) is 2.88. The number of thiophene rings is 1. The molecule has 4 heterocycles. The van der Waals surface area contributed by atoms with Crippen LogP contribution in [0.1, 0.15) is 25.7 Å². The number of nitrogens with one attached hydrogen (secondary N) is 2. The minimum Gasteiger partial charge on any atom is -0.375 e. The summed E-state index contributed by atoms with van der Waals surface area (Å²) in [4.78, 5) is 13.0. The monoisotopic (exact) mass is 399 g/mol. The van der Waals surface area contributed by atoms with E-state index in [1.165, 1.54) is 12.3 Å². The lowest BCUT2D eigenvalue weighted by Crippen LogP contribution is -2.62. The second-order valence-corrected chi connectivity index (χ2v) is 9.49. The molecule has 11 heteroatoms. The van der Waals surface area contributed by atoms with Crippen molar-refractivity contribution in [1.29, 1.82) is 0 Å². The second-order valence-electron chi connectivity index (χ2n) is 6.50. The number of amides is 1. The fourth-order valence-electron chi connectivity index (χ4n) is 3.61. The van der Waals surface area contributed by atoms with Gasteiger partial charge >= 0.3 is 0 Å². The number of hydrogen-bond donors (Lipinski definition) is 3. The van der Waals surface area contributed by atoms with E-state index in [4.69, 9.17) is 14.5 Å². The van der Waals surface area contributed by atoms with E-state index in [2.05, 4.69) is 9.88 Å². The van der Waals surface area contributed by atoms with Gasteiger partial charge in [-0.2, -0.15) is 4.72 Å². The minimum atomic E-state index is -3.98. The molecule has 2 saturated heterocycles. The lowest BCUT2D eigenvalue weighted by Gasteiger charge is -2.38. The van der Waals surface area contributed by atoms with Gasteiger partial charge in [-0.25, -0.2) is 13.9 Å². The van der Waals surface area contributed by atoms with E-state index in [1.54, 1.807) is 17.6 Å². The van der Waals surface area contributed by atoms with Crippen LogP contribution in [0.2, 0.25) is 0 Å². The molecule has 2 aromatic heterocycles. The molecule has 2 aliphatic rings. The number of ether oxygens (including phenoxy) is 1. The van der Waals surface area contributed by atoms with Crippen molar-refractivity contribution in [3.8, 4) is 10.6 Å². The third-order valence-electron chi connectivity index (χ3n) is 4.75. The van der Waals surface area contributed by atoms with Gasteiger partial charge in [0.25, 0.3) is 15.9 Å². The van der Waals surface area contributed by atoms with Gasteiger partial charge in [0.2, 0.25) is 0 Å². The number of sulfonamides is 1. The molecule has 9 nitrogen and oxygen atoms in total. The lowest BCUT2D eigenvalue weighted by atomic mass is 9.87. The van der Waals surface area contributed by atoms with Crippen molar-refractivity contribution in [3.63, 3.8) is 0 Å². The topological polar surface area (TPSA) is 131 Å². The first-order valence-electron chi connectivity index (χ1n) is 8.06. The maximum absolute atomic E-state index is 12.9. The van der Waals surface area contributed by atoms with Gasteiger partial charge in [0.05, 0.1) is 17.1 Å². The highest BCUT2D eigenvalue weighted by molar-refractivity contribution is 7.91. The average molecular weight is 399 g/mol. The molecule has 3 N–H and O–H groups in total. The van der Waals surface area contributed by atoms with Crippen molar-refractivity contribution < 1.29 is 27.7 Å². The Hall–Kier alpha value is -1.79. The number of rotatable bonds is 5. The highest BCUT2D eigenvalue weighted by atomic mass is 32.2. The van der Waals surface area contributed by atoms with Crippen LogP contribution in [-0.4, -0.2) is 42.4 Å². The minimum absolute atomic E-state index is 0.0550. The Morgan fingerprint density at radius 1 is 1.27 bits per heavy atom. The SMILES string of the molecule is O=C(NO)[C@@]1(NS(=O)(=O)c2ccc(-c3ccon3)s2)C[C@H]2CC[C@@H](C1)O2. The van der Waals surface area contributed by atoms with Gasteiger partial charge in [0, 0.05) is 18.9 Å². The van der Waals surface area contributed by atoms with Crippen LogP contribution in [0.25, 0.3) is 10.6 Å². The molecular formula is C15H17N3O6S2. The summed E-state index contributed by atoms with van der Waals surface area (Å²) in [6, 6.07) is 4.71. The number of aromatic nitrogens is 1. The molecule has 0 spiro atoms. The Morgan fingerprint density at radius 3 is 2.62 bits per heavy atom. The fourth-order valence-corrected chi connectivity index (χ4v) is 6.27. The van der Waals surface area contributed by atoms with Crippen LogP contribution >= 0.6 is 11.3 Å². The molecule has 3 atom stereocenters. The maximum Gasteiger partial charge on any atom is 0.264 e. The Kier molecular flexibility index (Phi) is 4.35. The molecule has 0 unspecified atom stereocenters. The van der Waals surface area contributed by atoms with Gasteiger partial charge in [-0.3, -0.25) is 10.0 Å². The summed E-state index contributed by atoms with van der Waals surface area (Å²) in [6.45, 7) is 0. The van der Waals surface area contributed by atoms with E-state index in [0.717, 1.165) is 24.2 Å². The maximum atomic E-state index is 12.9. The standard InChI is InChI=1S/C15H17N3O6S2/c19-14(16-20)15(7-9-1-2-10(8-15)24-9)18-26(21,22)13-4-3-12(25-13)11-5-6-23-17-11/h3-6,9-10,18,20H,1-2,7-8H2,(H,16,19)/t9-,10+,15-. The highest BCUT2D eigenvalue weighted by Gasteiger charge is 2.51. The molecule has 26 heavy (non-hydrogen) atoms. The first kappa shape index (κ1) is 17.6. The molecule has 4 rings (SSSR count). The Morgan fingerprint density at radius 2 is 2.00 bits per heavy atom. The van der Waals surface area contributed by atoms with Gasteiger partial charge in [-0.15, -0.1) is 11.3 Å². The van der Waals surface area contributed by atoms with E-state index < -0.39 is 21.5 Å². The number of nitrogens with zero attached hydrogens (tertiary/aromatic N) is 1. The Balaban J connectivity index is 1.64. The Labute approximate surface area is 153 Å². The van der Waals surface area contributed by atoms with E-state index >= 15 is 0 Å². The van der Waals surface area contributed by atoms with E-state index in [1.807, 2.05) is 0 Å². The van der Waals surface area contributed by atoms with E-state index in [-0.39, 0.29) is 29.3 Å². The Bertz CT molecular complexity index is 896. The molecule has 2 aliphatic heterocycles. The van der Waals surface area contributed by atoms with Crippen LogP contribution in [0.5, 0.6) is 0 Å². The van der Waals surface area contributed by atoms with Crippen LogP contribution in [0.15, 0.2) is 33.2 Å². The van der Waals surface area contributed by atoms with Gasteiger partial charge in [-0.1, -0.05) is 5.16 Å². The number of fused-ring (bicyclic) bond motifs is 2. The largest absolute Gasteiger partial charge is 0.375 e. The number of hydrogen-bond acceptors (Lipinski definition) is 8. The average Bonchev–Trinajstić information content (AvgIpc) is 3.34. The smallest absolute Gasteiger partial charge is 0.264 e. The molecule has 2 fully saturated rings. The quantitative estimate of drug-likeness (QED) is 0.510. The highest BCUT2D eigenvalue weighted by Crippen LogP contribution is 2.40. The summed E-state index contributed by atoms with van der Waals surface area (Å²) < 4.78 is 38.9. The molecule has 0 radical (unpaired) electrons. The number of hydroxylamine groups is 1. The van der Waals surface area contributed by atoms with Crippen molar-refractivity contribution in [2.75, 3.05) is 0 Å². The summed E-state index contributed by atoms with van der Waals surface area (Å²) >= 11 is 1.02. The third-order valence-corrected chi connectivity index (χ3v) is 7.89. The van der Waals surface area contributed by atoms with Crippen LogP contribution in [-0.2, 0) is 19.6 Å². The number of carbonyl (C=O) groups excluding carboxylic acids is 1. The van der Waals surface area contributed by atoms with Crippen LogP contribution in [0.4, 0.5) is 0 Å². The summed E-state index contributed by atoms with van der Waals surface area (Å²) in [5.41, 5.74) is 0.702. The van der Waals surface area contributed by atoms with Crippen molar-refractivity contribution in [3.05, 3.63) is 24.5 Å². The van der Waals surface area contributed by atoms with E-state index in [9.17, 15) is 13.2 Å². The van der Waals surface area contributed by atoms with Crippen LogP contribution < -0.4 is 10.2 Å². The molecule has 0 saturated carbocycles. The van der Waals surface area contributed by atoms with Gasteiger partial charge in [0.15, 0.2) is 0 Å². The van der Waals surface area contributed by atoms with Gasteiger partial charge < -0.3 is 9.26 Å². The molecule has 1 amide bonds. The molecule has 2 bridgehead atoms. The lowest BCUT2D eigenvalue weighted by molar-refractivity contribution is -0.142. The molecule has 0 aliphatic carbocycles. The first-order chi connectivity index (χ1) is 12.4. The zero-order chi connectivity index (χ0) is 18.4. The van der Waals surface area contributed by atoms with Crippen molar-refractivity contribution >= 4 is 27.3 Å². The zero-order valence-corrected chi connectivity index (χ0v) is 15.2. The van der Waals surface area contributed by atoms with Crippen molar-refractivity contribution in [1.82, 2.24) is 15.4 Å². The molecular weight excluding hydrogens is 382 g/mol. The van der Waals surface area contributed by atoms with E-state index in [0.29, 0.717) is 10.6 Å². The van der Waals surface area contributed by atoms with Crippen LogP contribution in [0.3, 0.4) is 0 Å². The first-order valence-corrected chi connectivity index (χ1v) is 10.4.